The van der Waals surface area contributed by atoms with Crippen molar-refractivity contribution in [2.45, 2.75) is 37.9 Å². The summed E-state index contributed by atoms with van der Waals surface area (Å²) in [5, 5.41) is 26.3. The molecule has 2 atom stereocenters. The van der Waals surface area contributed by atoms with E-state index in [0.29, 0.717) is 16.8 Å². The van der Waals surface area contributed by atoms with E-state index in [-0.39, 0.29) is 11.8 Å². The van der Waals surface area contributed by atoms with Gasteiger partial charge in [0, 0.05) is 18.8 Å². The minimum absolute atomic E-state index is 0.0557. The van der Waals surface area contributed by atoms with Crippen LogP contribution in [0.2, 0.25) is 0 Å². The molecule has 2 aromatic heterocycles. The van der Waals surface area contributed by atoms with Crippen LogP contribution < -0.4 is 0 Å². The first kappa shape index (κ1) is 16.9. The molecule has 1 aromatic carbocycles. The zero-order valence-corrected chi connectivity index (χ0v) is 16.9. The summed E-state index contributed by atoms with van der Waals surface area (Å²) in [5.41, 5.74) is 2.83. The van der Waals surface area contributed by atoms with Gasteiger partial charge in [-0.25, -0.2) is 0 Å². The summed E-state index contributed by atoms with van der Waals surface area (Å²) in [6.45, 7) is 3.96. The smallest absolute Gasteiger partial charge is 0.205 e. The number of hydrogen-bond acceptors (Lipinski definition) is 4. The van der Waals surface area contributed by atoms with Crippen molar-refractivity contribution in [3.63, 3.8) is 0 Å². The van der Waals surface area contributed by atoms with Gasteiger partial charge >= 0.3 is 0 Å². The Kier molecular flexibility index (Phi) is 3.24. The predicted molar refractivity (Wildman–Crippen MR) is 104 cm³/mol. The van der Waals surface area contributed by atoms with Crippen molar-refractivity contribution in [2.24, 2.45) is 7.05 Å². The van der Waals surface area contributed by atoms with Crippen LogP contribution >= 0.6 is 15.9 Å². The second kappa shape index (κ2) is 5.17. The van der Waals surface area contributed by atoms with Gasteiger partial charge in [0.15, 0.2) is 0 Å². The van der Waals surface area contributed by atoms with E-state index in [4.69, 9.17) is 4.74 Å². The Bertz CT molecular complexity index is 1050. The van der Waals surface area contributed by atoms with E-state index in [9.17, 15) is 10.2 Å². The number of nitrogens with zero attached hydrogens (tertiary/aromatic N) is 3. The molecule has 3 aromatic rings. The Morgan fingerprint density at radius 1 is 1.04 bits per heavy atom. The number of benzene rings is 1. The summed E-state index contributed by atoms with van der Waals surface area (Å²) in [4.78, 5) is 0. The van der Waals surface area contributed by atoms with Gasteiger partial charge < -0.3 is 14.9 Å². The average Bonchev–Trinajstić information content (AvgIpc) is 3.27. The zero-order valence-electron chi connectivity index (χ0n) is 15.3. The van der Waals surface area contributed by atoms with Gasteiger partial charge in [0.1, 0.15) is 5.69 Å². The van der Waals surface area contributed by atoms with Crippen LogP contribution in [-0.2, 0) is 23.0 Å². The van der Waals surface area contributed by atoms with Gasteiger partial charge in [-0.3, -0.25) is 9.25 Å². The van der Waals surface area contributed by atoms with Crippen molar-refractivity contribution in [3.05, 3.63) is 46.1 Å². The standard InChI is InChI=1S/C20H20BrN3O3/c1-19-8-9-20(2,27-19)15-14(19)17(25)24(18(15)26)12-6-4-11(5-7-12)16-13(21)10-23(3)22-16/h4-7,10,25-26H,8-9H2,1-3H3/t19-,20+. The van der Waals surface area contributed by atoms with E-state index < -0.39 is 11.2 Å². The maximum atomic E-state index is 10.9. The van der Waals surface area contributed by atoms with Crippen molar-refractivity contribution in [2.75, 3.05) is 0 Å². The van der Waals surface area contributed by atoms with Crippen molar-refractivity contribution < 1.29 is 14.9 Å². The van der Waals surface area contributed by atoms with Crippen molar-refractivity contribution in [1.82, 2.24) is 14.3 Å². The molecule has 0 aliphatic carbocycles. The first-order valence-corrected chi connectivity index (χ1v) is 9.70. The molecule has 7 heteroatoms. The molecule has 1 fully saturated rings. The maximum Gasteiger partial charge on any atom is 0.205 e. The lowest BCUT2D eigenvalue weighted by Crippen LogP contribution is -2.17. The topological polar surface area (TPSA) is 72.4 Å². The number of ether oxygens (including phenoxy) is 1. The second-order valence-electron chi connectivity index (χ2n) is 7.84. The Morgan fingerprint density at radius 2 is 1.59 bits per heavy atom. The number of fused-ring (bicyclic) bond motifs is 5. The fraction of sp³-hybridized carbons (Fsp3) is 0.350. The summed E-state index contributed by atoms with van der Waals surface area (Å²) in [7, 11) is 1.87. The summed E-state index contributed by atoms with van der Waals surface area (Å²) < 4.78 is 10.3. The van der Waals surface area contributed by atoms with Crippen LogP contribution in [0, 0.1) is 0 Å². The largest absolute Gasteiger partial charge is 0.494 e. The number of halogens is 1. The summed E-state index contributed by atoms with van der Waals surface area (Å²) >= 11 is 3.52. The lowest BCUT2D eigenvalue weighted by atomic mass is 9.80. The Balaban J connectivity index is 1.62. The quantitative estimate of drug-likeness (QED) is 0.636. The maximum absolute atomic E-state index is 10.9. The molecule has 5 rings (SSSR count). The molecule has 2 aliphatic heterocycles. The molecule has 0 spiro atoms. The molecular weight excluding hydrogens is 410 g/mol. The van der Waals surface area contributed by atoms with Crippen LogP contribution in [0.25, 0.3) is 16.9 Å². The van der Waals surface area contributed by atoms with E-state index in [0.717, 1.165) is 28.6 Å². The molecule has 1 saturated heterocycles. The lowest BCUT2D eigenvalue weighted by Gasteiger charge is -2.21. The minimum atomic E-state index is -0.546. The molecule has 0 amide bonds. The van der Waals surface area contributed by atoms with Gasteiger partial charge in [-0.05, 0) is 54.8 Å². The molecular formula is C20H20BrN3O3. The van der Waals surface area contributed by atoms with Gasteiger partial charge in [0.05, 0.1) is 32.5 Å². The molecule has 2 bridgehead atoms. The Hall–Kier alpha value is -2.25. The van der Waals surface area contributed by atoms with E-state index >= 15 is 0 Å². The molecule has 4 heterocycles. The fourth-order valence-electron chi connectivity index (χ4n) is 4.65. The van der Waals surface area contributed by atoms with E-state index in [2.05, 4.69) is 21.0 Å². The summed E-state index contributed by atoms with van der Waals surface area (Å²) in [5.74, 6) is 0.111. The van der Waals surface area contributed by atoms with Crippen molar-refractivity contribution in [1.29, 1.82) is 0 Å². The molecule has 6 nitrogen and oxygen atoms in total. The third kappa shape index (κ3) is 2.12. The third-order valence-electron chi connectivity index (χ3n) is 5.89. The number of hydrogen-bond donors (Lipinski definition) is 2. The molecule has 0 unspecified atom stereocenters. The van der Waals surface area contributed by atoms with Crippen molar-refractivity contribution >= 4 is 15.9 Å². The van der Waals surface area contributed by atoms with Crippen LogP contribution in [0.3, 0.4) is 0 Å². The van der Waals surface area contributed by atoms with Crippen LogP contribution in [-0.4, -0.2) is 24.6 Å². The molecule has 2 aliphatic rings. The molecule has 0 radical (unpaired) electrons. The Labute approximate surface area is 165 Å². The van der Waals surface area contributed by atoms with E-state index in [1.165, 1.54) is 4.57 Å². The highest BCUT2D eigenvalue weighted by atomic mass is 79.9. The summed E-state index contributed by atoms with van der Waals surface area (Å²) in [6.07, 6.45) is 3.56. The lowest BCUT2D eigenvalue weighted by molar-refractivity contribution is -0.0683. The Morgan fingerprint density at radius 3 is 2.07 bits per heavy atom. The van der Waals surface area contributed by atoms with Gasteiger partial charge in [-0.2, -0.15) is 5.10 Å². The van der Waals surface area contributed by atoms with Gasteiger partial charge in [0.2, 0.25) is 11.8 Å². The SMILES string of the molecule is Cn1cc(Br)c(-c2ccc(-n3c(O)c4c(c3O)[C@]3(C)CC[C@@]4(C)O3)cc2)n1. The highest BCUT2D eigenvalue weighted by molar-refractivity contribution is 9.10. The first-order chi connectivity index (χ1) is 12.7. The van der Waals surface area contributed by atoms with E-state index in [1.54, 1.807) is 4.68 Å². The third-order valence-corrected chi connectivity index (χ3v) is 6.47. The molecule has 2 N–H and O–H groups in total. The minimum Gasteiger partial charge on any atom is -0.494 e. The van der Waals surface area contributed by atoms with Crippen LogP contribution in [0.1, 0.15) is 37.8 Å². The molecule has 140 valence electrons. The first-order valence-electron chi connectivity index (χ1n) is 8.91. The van der Waals surface area contributed by atoms with Gasteiger partial charge in [0.25, 0.3) is 0 Å². The van der Waals surface area contributed by atoms with Gasteiger partial charge in [-0.15, -0.1) is 0 Å². The molecule has 0 saturated carbocycles. The normalized spacial score (nSPS) is 25.9. The number of aryl methyl sites for hydroxylation is 1. The van der Waals surface area contributed by atoms with Crippen LogP contribution in [0.5, 0.6) is 11.8 Å². The average molecular weight is 430 g/mol. The monoisotopic (exact) mass is 429 g/mol. The van der Waals surface area contributed by atoms with Crippen molar-refractivity contribution in [3.8, 4) is 28.7 Å². The number of rotatable bonds is 2. The summed E-state index contributed by atoms with van der Waals surface area (Å²) in [6, 6.07) is 7.61. The van der Waals surface area contributed by atoms with Crippen LogP contribution in [0.4, 0.5) is 0 Å². The second-order valence-corrected chi connectivity index (χ2v) is 8.70. The zero-order chi connectivity index (χ0) is 19.1. The van der Waals surface area contributed by atoms with Gasteiger partial charge in [-0.1, -0.05) is 12.1 Å². The number of aromatic nitrogens is 3. The fourth-order valence-corrected chi connectivity index (χ4v) is 5.25. The highest BCUT2D eigenvalue weighted by Gasteiger charge is 2.59. The number of aromatic hydroxyl groups is 2. The highest BCUT2D eigenvalue weighted by Crippen LogP contribution is 2.64. The van der Waals surface area contributed by atoms with Crippen LogP contribution in [0.15, 0.2) is 34.9 Å². The van der Waals surface area contributed by atoms with E-state index in [1.807, 2.05) is 51.4 Å². The molecule has 27 heavy (non-hydrogen) atoms. The predicted octanol–water partition coefficient (Wildman–Crippen LogP) is 4.31.